The zero-order valence-corrected chi connectivity index (χ0v) is 20.0. The summed E-state index contributed by atoms with van der Waals surface area (Å²) in [4.78, 5) is 49.4. The SMILES string of the molecule is Cc1cccc(N2C(=O)NC(=O)/C(=C\c3ccc(OCc4ccc([N+](=O)[O-])cc4)c(Cl)c3)C2=O)c1C. The number of carbonyl (C=O) groups is 3. The molecule has 1 saturated heterocycles. The fraction of sp³-hybridized carbons (Fsp3) is 0.115. The van der Waals surface area contributed by atoms with Gasteiger partial charge in [0.05, 0.1) is 15.6 Å². The predicted molar refractivity (Wildman–Crippen MR) is 134 cm³/mol. The summed E-state index contributed by atoms with van der Waals surface area (Å²) in [6.45, 7) is 3.78. The van der Waals surface area contributed by atoms with E-state index < -0.39 is 22.8 Å². The van der Waals surface area contributed by atoms with Crippen molar-refractivity contribution >= 4 is 46.9 Å². The van der Waals surface area contributed by atoms with Gasteiger partial charge < -0.3 is 4.74 Å². The van der Waals surface area contributed by atoms with E-state index in [1.807, 2.05) is 13.0 Å². The number of nitro groups is 1. The quantitative estimate of drug-likeness (QED) is 0.215. The number of imide groups is 2. The van der Waals surface area contributed by atoms with E-state index in [9.17, 15) is 24.5 Å². The number of hydrogen-bond donors (Lipinski definition) is 1. The van der Waals surface area contributed by atoms with Crippen molar-refractivity contribution in [3.63, 3.8) is 0 Å². The van der Waals surface area contributed by atoms with E-state index in [4.69, 9.17) is 16.3 Å². The van der Waals surface area contributed by atoms with Crippen LogP contribution in [0.2, 0.25) is 5.02 Å². The average Bonchev–Trinajstić information content (AvgIpc) is 2.84. The number of aryl methyl sites for hydroxylation is 1. The van der Waals surface area contributed by atoms with Crippen molar-refractivity contribution in [3.05, 3.63) is 104 Å². The first-order chi connectivity index (χ1) is 17.2. The van der Waals surface area contributed by atoms with E-state index in [0.717, 1.165) is 16.0 Å². The number of benzene rings is 3. The Morgan fingerprint density at radius 2 is 1.78 bits per heavy atom. The Morgan fingerprint density at radius 1 is 1.06 bits per heavy atom. The van der Waals surface area contributed by atoms with E-state index in [0.29, 0.717) is 22.6 Å². The molecule has 4 amide bonds. The Hall–Kier alpha value is -4.50. The molecule has 0 atom stereocenters. The normalized spacial score (nSPS) is 14.7. The summed E-state index contributed by atoms with van der Waals surface area (Å²) in [7, 11) is 0. The van der Waals surface area contributed by atoms with Gasteiger partial charge in [0.2, 0.25) is 0 Å². The van der Waals surface area contributed by atoms with Gasteiger partial charge in [-0.05, 0) is 72.5 Å². The molecule has 1 aliphatic heterocycles. The molecule has 3 aromatic carbocycles. The molecular weight excluding hydrogens is 486 g/mol. The van der Waals surface area contributed by atoms with Crippen LogP contribution in [0.25, 0.3) is 6.08 Å². The zero-order chi connectivity index (χ0) is 26.0. The largest absolute Gasteiger partial charge is 0.487 e. The third-order valence-electron chi connectivity index (χ3n) is 5.73. The lowest BCUT2D eigenvalue weighted by Crippen LogP contribution is -2.54. The van der Waals surface area contributed by atoms with Crippen LogP contribution in [0.1, 0.15) is 22.3 Å². The number of rotatable bonds is 6. The molecule has 1 N–H and O–H groups in total. The minimum Gasteiger partial charge on any atom is -0.487 e. The van der Waals surface area contributed by atoms with Crippen molar-refractivity contribution in [1.29, 1.82) is 0 Å². The summed E-state index contributed by atoms with van der Waals surface area (Å²) < 4.78 is 5.70. The second-order valence-corrected chi connectivity index (χ2v) is 8.49. The summed E-state index contributed by atoms with van der Waals surface area (Å²) >= 11 is 6.35. The van der Waals surface area contributed by atoms with E-state index in [1.165, 1.54) is 24.3 Å². The van der Waals surface area contributed by atoms with Crippen LogP contribution < -0.4 is 15.0 Å². The Bertz CT molecular complexity index is 1430. The molecule has 1 heterocycles. The second kappa shape index (κ2) is 10.0. The van der Waals surface area contributed by atoms with Crippen LogP contribution in [-0.2, 0) is 16.2 Å². The van der Waals surface area contributed by atoms with Crippen molar-refractivity contribution in [2.24, 2.45) is 0 Å². The molecule has 0 bridgehead atoms. The number of nitrogens with zero attached hydrogens (tertiary/aromatic N) is 2. The third-order valence-corrected chi connectivity index (χ3v) is 6.02. The number of ether oxygens (including phenoxy) is 1. The van der Waals surface area contributed by atoms with Gasteiger partial charge in [-0.3, -0.25) is 25.0 Å². The maximum Gasteiger partial charge on any atom is 0.335 e. The van der Waals surface area contributed by atoms with Crippen LogP contribution in [0.15, 0.2) is 66.2 Å². The van der Waals surface area contributed by atoms with Crippen LogP contribution in [0.3, 0.4) is 0 Å². The topological polar surface area (TPSA) is 119 Å². The highest BCUT2D eigenvalue weighted by molar-refractivity contribution is 6.39. The number of urea groups is 1. The van der Waals surface area contributed by atoms with Crippen LogP contribution in [-0.4, -0.2) is 22.8 Å². The van der Waals surface area contributed by atoms with Gasteiger partial charge in [-0.15, -0.1) is 0 Å². The van der Waals surface area contributed by atoms with E-state index in [2.05, 4.69) is 5.32 Å². The summed E-state index contributed by atoms with van der Waals surface area (Å²) in [6, 6.07) is 15.1. The number of non-ortho nitro benzene ring substituents is 1. The number of nitro benzene ring substituents is 1. The van der Waals surface area contributed by atoms with Gasteiger partial charge in [-0.25, -0.2) is 9.69 Å². The lowest BCUT2D eigenvalue weighted by atomic mass is 10.0. The van der Waals surface area contributed by atoms with Crippen molar-refractivity contribution in [1.82, 2.24) is 5.32 Å². The Labute approximate surface area is 211 Å². The monoisotopic (exact) mass is 505 g/mol. The van der Waals surface area contributed by atoms with Crippen LogP contribution in [0.5, 0.6) is 5.75 Å². The van der Waals surface area contributed by atoms with Gasteiger partial charge in [0.25, 0.3) is 17.5 Å². The summed E-state index contributed by atoms with van der Waals surface area (Å²) in [5, 5.41) is 13.2. The zero-order valence-electron chi connectivity index (χ0n) is 19.3. The molecule has 1 fully saturated rings. The molecule has 182 valence electrons. The van der Waals surface area contributed by atoms with Crippen LogP contribution in [0, 0.1) is 24.0 Å². The fourth-order valence-corrected chi connectivity index (χ4v) is 3.86. The highest BCUT2D eigenvalue weighted by atomic mass is 35.5. The van der Waals surface area contributed by atoms with Crippen molar-refractivity contribution in [2.45, 2.75) is 20.5 Å². The number of anilines is 1. The second-order valence-electron chi connectivity index (χ2n) is 8.08. The smallest absolute Gasteiger partial charge is 0.335 e. The molecule has 4 rings (SSSR count). The standard InChI is InChI=1S/C26H20ClN3O6/c1-15-4-3-5-22(16(15)2)29-25(32)20(24(31)28-26(29)33)12-18-8-11-23(21(27)13-18)36-14-17-6-9-19(10-7-17)30(34)35/h3-13H,14H2,1-2H3,(H,28,31,33)/b20-12+. The maximum absolute atomic E-state index is 13.2. The summed E-state index contributed by atoms with van der Waals surface area (Å²) in [5.74, 6) is -1.20. The molecule has 0 aliphatic carbocycles. The number of halogens is 1. The molecule has 0 saturated carbocycles. The van der Waals surface area contributed by atoms with E-state index >= 15 is 0 Å². The molecule has 10 heteroatoms. The first-order valence-electron chi connectivity index (χ1n) is 10.8. The third kappa shape index (κ3) is 4.96. The predicted octanol–water partition coefficient (Wildman–Crippen LogP) is 5.11. The highest BCUT2D eigenvalue weighted by Crippen LogP contribution is 2.30. The van der Waals surface area contributed by atoms with Gasteiger partial charge in [0.1, 0.15) is 17.9 Å². The molecule has 1 aliphatic rings. The Kier molecular flexibility index (Phi) is 6.84. The maximum atomic E-state index is 13.2. The minimum absolute atomic E-state index is 0.0201. The summed E-state index contributed by atoms with van der Waals surface area (Å²) in [5.41, 5.74) is 2.96. The average molecular weight is 506 g/mol. The molecule has 0 unspecified atom stereocenters. The molecule has 0 aromatic heterocycles. The van der Waals surface area contributed by atoms with Gasteiger partial charge >= 0.3 is 6.03 Å². The van der Waals surface area contributed by atoms with Crippen LogP contribution >= 0.6 is 11.6 Å². The molecule has 9 nitrogen and oxygen atoms in total. The number of barbiturate groups is 1. The number of carbonyl (C=O) groups excluding carboxylic acids is 3. The van der Waals surface area contributed by atoms with Crippen molar-refractivity contribution in [2.75, 3.05) is 4.90 Å². The summed E-state index contributed by atoms with van der Waals surface area (Å²) in [6.07, 6.45) is 1.36. The molecule has 3 aromatic rings. The van der Waals surface area contributed by atoms with Gasteiger partial charge in [0, 0.05) is 12.1 Å². The lowest BCUT2D eigenvalue weighted by Gasteiger charge is -2.28. The van der Waals surface area contributed by atoms with E-state index in [-0.39, 0.29) is 22.9 Å². The lowest BCUT2D eigenvalue weighted by molar-refractivity contribution is -0.384. The Balaban J connectivity index is 1.55. The van der Waals surface area contributed by atoms with Crippen molar-refractivity contribution < 1.29 is 24.0 Å². The number of nitrogens with one attached hydrogen (secondary N) is 1. The minimum atomic E-state index is -0.816. The molecule has 0 radical (unpaired) electrons. The van der Waals surface area contributed by atoms with Crippen LogP contribution in [0.4, 0.5) is 16.2 Å². The van der Waals surface area contributed by atoms with Gasteiger partial charge in [-0.1, -0.05) is 29.8 Å². The fourth-order valence-electron chi connectivity index (χ4n) is 3.62. The van der Waals surface area contributed by atoms with E-state index in [1.54, 1.807) is 43.3 Å². The molecule has 0 spiro atoms. The van der Waals surface area contributed by atoms with Gasteiger partial charge in [0.15, 0.2) is 0 Å². The molecule has 36 heavy (non-hydrogen) atoms. The van der Waals surface area contributed by atoms with Gasteiger partial charge in [-0.2, -0.15) is 0 Å². The number of hydrogen-bond acceptors (Lipinski definition) is 6. The number of amides is 4. The highest BCUT2D eigenvalue weighted by Gasteiger charge is 2.37. The Morgan fingerprint density at radius 3 is 2.44 bits per heavy atom. The molecular formula is C26H20ClN3O6. The first-order valence-corrected chi connectivity index (χ1v) is 11.2. The first kappa shape index (κ1) is 24.6. The van der Waals surface area contributed by atoms with Crippen molar-refractivity contribution in [3.8, 4) is 5.75 Å².